The maximum atomic E-state index is 10.9. The number of imide groups is 1. The van der Waals surface area contributed by atoms with Gasteiger partial charge in [0.15, 0.2) is 0 Å². The predicted octanol–water partition coefficient (Wildman–Crippen LogP) is 6.24. The Bertz CT molecular complexity index is 464. The summed E-state index contributed by atoms with van der Waals surface area (Å²) >= 11 is -0.552. The summed E-state index contributed by atoms with van der Waals surface area (Å²) in [5.41, 5.74) is 0.829. The van der Waals surface area contributed by atoms with Crippen LogP contribution in [0.2, 0.25) is 15.8 Å². The van der Waals surface area contributed by atoms with Crippen molar-refractivity contribution in [1.29, 1.82) is 0 Å². The predicted molar refractivity (Wildman–Crippen MR) is 103 cm³/mol. The van der Waals surface area contributed by atoms with E-state index in [0.717, 1.165) is 0 Å². The van der Waals surface area contributed by atoms with Crippen LogP contribution >= 0.6 is 0 Å². The summed E-state index contributed by atoms with van der Waals surface area (Å²) in [4.78, 5) is 21.8. The molecule has 1 aliphatic heterocycles. The van der Waals surface area contributed by atoms with Crippen molar-refractivity contribution in [3.8, 4) is 0 Å². The van der Waals surface area contributed by atoms with Crippen molar-refractivity contribution in [3.05, 3.63) is 40.7 Å². The number of rotatable bonds is 9. The van der Waals surface area contributed by atoms with E-state index < -0.39 is 26.2 Å². The van der Waals surface area contributed by atoms with Crippen molar-refractivity contribution in [2.45, 2.75) is 75.1 Å². The van der Waals surface area contributed by atoms with Crippen LogP contribution in [0.15, 0.2) is 24.3 Å². The molecule has 0 saturated carbocycles. The van der Waals surface area contributed by atoms with E-state index in [2.05, 4.69) is 26.1 Å². The van der Waals surface area contributed by atoms with Gasteiger partial charge < -0.3 is 14.9 Å². The molecular weight excluding hydrogens is 359 g/mol. The third kappa shape index (κ3) is 7.20. The van der Waals surface area contributed by atoms with Crippen LogP contribution in [0.3, 0.4) is 0 Å². The number of amides is 2. The number of hydrogen-bond acceptors (Lipinski definition) is 2. The molecule has 1 aliphatic rings. The largest absolute Gasteiger partial charge is 0.587 e. The molecule has 1 aromatic rings. The SMILES string of the molecule is CCC[CH2][Ge]([CH2]CCC)[CH2]CCC.O=C1[N-]C(=O)c2ccccc21. The minimum Gasteiger partial charge on any atom is -0.587 e. The standard InChI is InChI=1S/C12H27Ge.C8H5NO2/c1-4-7-10-13(11-8-5-2)12-9-6-3;10-7-5-3-1-2-4-6(5)8(11)9-7/h4-12H2,1-3H3;1-4H,(H,9,10,11)/p-1. The van der Waals surface area contributed by atoms with E-state index in [4.69, 9.17) is 0 Å². The molecule has 0 aliphatic carbocycles. The van der Waals surface area contributed by atoms with E-state index in [1.807, 2.05) is 0 Å². The van der Waals surface area contributed by atoms with Crippen molar-refractivity contribution in [2.24, 2.45) is 0 Å². The third-order valence-corrected chi connectivity index (χ3v) is 10.9. The van der Waals surface area contributed by atoms with Crippen LogP contribution in [0.4, 0.5) is 0 Å². The minimum absolute atomic E-state index is 0.414. The third-order valence-electron chi connectivity index (χ3n) is 4.24. The van der Waals surface area contributed by atoms with E-state index >= 15 is 0 Å². The zero-order valence-corrected chi connectivity index (χ0v) is 17.5. The van der Waals surface area contributed by atoms with Gasteiger partial charge in [-0.2, -0.15) is 0 Å². The Morgan fingerprint density at radius 2 is 1.12 bits per heavy atom. The van der Waals surface area contributed by atoms with Gasteiger partial charge in [0.05, 0.1) is 11.8 Å². The number of nitrogens with zero attached hydrogens (tertiary/aromatic N) is 1. The number of fused-ring (bicyclic) bond motifs is 1. The number of carbonyl (C=O) groups is 2. The van der Waals surface area contributed by atoms with E-state index in [9.17, 15) is 9.59 Å². The molecule has 0 spiro atoms. The average molecular weight is 390 g/mol. The Hall–Kier alpha value is -1.10. The second kappa shape index (κ2) is 12.3. The topological polar surface area (TPSA) is 48.2 Å². The van der Waals surface area contributed by atoms with Crippen LogP contribution in [-0.2, 0) is 0 Å². The Kier molecular flexibility index (Phi) is 10.7. The van der Waals surface area contributed by atoms with E-state index in [0.29, 0.717) is 11.1 Å². The molecule has 133 valence electrons. The summed E-state index contributed by atoms with van der Waals surface area (Å²) in [6, 6.07) is 6.63. The number of benzene rings is 1. The number of hydrogen-bond donors (Lipinski definition) is 0. The van der Waals surface area contributed by atoms with Gasteiger partial charge in [-0.1, -0.05) is 24.3 Å². The van der Waals surface area contributed by atoms with E-state index in [-0.39, 0.29) is 0 Å². The van der Waals surface area contributed by atoms with Crippen molar-refractivity contribution in [2.75, 3.05) is 0 Å². The smallest absolute Gasteiger partial charge is 0.0883 e. The quantitative estimate of drug-likeness (QED) is 0.371. The van der Waals surface area contributed by atoms with Gasteiger partial charge >= 0.3 is 89.4 Å². The molecule has 0 unspecified atom stereocenters. The van der Waals surface area contributed by atoms with E-state index in [1.54, 1.807) is 40.0 Å². The molecular formula is C20H31GeNO2-. The van der Waals surface area contributed by atoms with Crippen molar-refractivity contribution < 1.29 is 9.59 Å². The molecule has 2 amide bonds. The molecule has 1 aromatic carbocycles. The first-order valence-electron chi connectivity index (χ1n) is 9.36. The van der Waals surface area contributed by atoms with Crippen LogP contribution in [0.5, 0.6) is 0 Å². The maximum Gasteiger partial charge on any atom is 0.0883 e. The normalized spacial score (nSPS) is 12.7. The van der Waals surface area contributed by atoms with Crippen LogP contribution < -0.4 is 0 Å². The number of carbonyl (C=O) groups excluding carboxylic acids is 2. The Balaban J connectivity index is 0.000000242. The summed E-state index contributed by atoms with van der Waals surface area (Å²) in [7, 11) is 0. The molecule has 2 rings (SSSR count). The van der Waals surface area contributed by atoms with Gasteiger partial charge in [0.1, 0.15) is 0 Å². The average Bonchev–Trinajstić information content (AvgIpc) is 2.90. The van der Waals surface area contributed by atoms with Crippen molar-refractivity contribution in [1.82, 2.24) is 0 Å². The van der Waals surface area contributed by atoms with Crippen LogP contribution in [0.25, 0.3) is 5.32 Å². The molecule has 0 N–H and O–H groups in total. The van der Waals surface area contributed by atoms with Gasteiger partial charge in [0.2, 0.25) is 0 Å². The molecule has 0 saturated heterocycles. The Morgan fingerprint density at radius 3 is 1.46 bits per heavy atom. The molecule has 24 heavy (non-hydrogen) atoms. The van der Waals surface area contributed by atoms with Gasteiger partial charge in [-0.3, -0.25) is 0 Å². The molecule has 1 heterocycles. The number of unbranched alkanes of at least 4 members (excludes halogenated alkanes) is 3. The first kappa shape index (κ1) is 20.9. The molecule has 0 atom stereocenters. The summed E-state index contributed by atoms with van der Waals surface area (Å²) in [5, 5.41) is 8.23. The second-order valence-electron chi connectivity index (χ2n) is 6.33. The molecule has 0 aromatic heterocycles. The summed E-state index contributed by atoms with van der Waals surface area (Å²) in [5.74, 6) is -0.851. The maximum absolute atomic E-state index is 10.9. The zero-order valence-electron chi connectivity index (χ0n) is 15.4. The fourth-order valence-electron chi connectivity index (χ4n) is 2.72. The summed E-state index contributed by atoms with van der Waals surface area (Å²) in [6.45, 7) is 6.99. The van der Waals surface area contributed by atoms with Gasteiger partial charge in [0, 0.05) is 11.1 Å². The monoisotopic (exact) mass is 391 g/mol. The summed E-state index contributed by atoms with van der Waals surface area (Å²) < 4.78 is 0. The van der Waals surface area contributed by atoms with Crippen LogP contribution in [0.1, 0.15) is 80.0 Å². The van der Waals surface area contributed by atoms with Crippen LogP contribution in [0, 0.1) is 0 Å². The first-order valence-corrected chi connectivity index (χ1v) is 13.8. The minimum atomic E-state index is -0.552. The van der Waals surface area contributed by atoms with E-state index in [1.165, 1.54) is 38.5 Å². The van der Waals surface area contributed by atoms with Crippen molar-refractivity contribution >= 4 is 26.2 Å². The van der Waals surface area contributed by atoms with Gasteiger partial charge in [-0.25, -0.2) is 0 Å². The van der Waals surface area contributed by atoms with Crippen molar-refractivity contribution in [3.63, 3.8) is 0 Å². The van der Waals surface area contributed by atoms with Gasteiger partial charge in [-0.15, -0.1) is 0 Å². The van der Waals surface area contributed by atoms with Gasteiger partial charge in [-0.05, 0) is 0 Å². The molecule has 4 heteroatoms. The molecule has 3 nitrogen and oxygen atoms in total. The fraction of sp³-hybridized carbons (Fsp3) is 0.600. The first-order chi connectivity index (χ1) is 11.6. The zero-order chi connectivity index (χ0) is 17.8. The Labute approximate surface area is 151 Å². The van der Waals surface area contributed by atoms with Crippen LogP contribution in [-0.4, -0.2) is 26.2 Å². The second-order valence-corrected chi connectivity index (χ2v) is 12.6. The fourth-order valence-corrected chi connectivity index (χ4v) is 9.67. The summed E-state index contributed by atoms with van der Waals surface area (Å²) in [6.07, 6.45) is 8.78. The Morgan fingerprint density at radius 1 is 0.750 bits per heavy atom. The molecule has 0 fully saturated rings. The van der Waals surface area contributed by atoms with Gasteiger partial charge in [0.25, 0.3) is 0 Å². The molecule has 0 bridgehead atoms. The molecule has 1 radical (unpaired) electrons.